The van der Waals surface area contributed by atoms with Gasteiger partial charge in [-0.3, -0.25) is 4.79 Å². The molecule has 78 valence electrons. The summed E-state index contributed by atoms with van der Waals surface area (Å²) in [6.45, 7) is 5.18. The molecule has 1 aliphatic heterocycles. The maximum atomic E-state index is 11.3. The van der Waals surface area contributed by atoms with Crippen LogP contribution in [0.15, 0.2) is 0 Å². The van der Waals surface area contributed by atoms with Crippen LogP contribution in [0.4, 0.5) is 0 Å². The van der Waals surface area contributed by atoms with Crippen LogP contribution in [-0.2, 0) is 9.53 Å². The molecule has 0 unspecified atom stereocenters. The number of esters is 1. The van der Waals surface area contributed by atoms with Crippen LogP contribution in [0.25, 0.3) is 0 Å². The Hall–Kier alpha value is -0.280. The largest absolute Gasteiger partial charge is 0.469 e. The van der Waals surface area contributed by atoms with Gasteiger partial charge >= 0.3 is 5.97 Å². The van der Waals surface area contributed by atoms with Gasteiger partial charge in [0.15, 0.2) is 0 Å². The van der Waals surface area contributed by atoms with E-state index in [4.69, 9.17) is 4.74 Å². The van der Waals surface area contributed by atoms with E-state index in [0.717, 1.165) is 13.0 Å². The Kier molecular flexibility index (Phi) is 5.33. The fourth-order valence-electron chi connectivity index (χ4n) is 1.84. The molecule has 2 atom stereocenters. The van der Waals surface area contributed by atoms with Crippen LogP contribution in [0.5, 0.6) is 0 Å². The first-order valence-corrected chi connectivity index (χ1v) is 4.48. The molecule has 0 spiro atoms. The highest BCUT2D eigenvalue weighted by atomic mass is 35.5. The molecule has 1 N–H and O–H groups in total. The van der Waals surface area contributed by atoms with E-state index >= 15 is 0 Å². The van der Waals surface area contributed by atoms with Crippen molar-refractivity contribution in [1.82, 2.24) is 5.32 Å². The van der Waals surface area contributed by atoms with Crippen LogP contribution in [-0.4, -0.2) is 25.7 Å². The molecule has 0 saturated carbocycles. The number of carbonyl (C=O) groups excluding carboxylic acids is 1. The van der Waals surface area contributed by atoms with Gasteiger partial charge in [0.25, 0.3) is 0 Å². The van der Waals surface area contributed by atoms with Crippen molar-refractivity contribution in [1.29, 1.82) is 0 Å². The first-order chi connectivity index (χ1) is 5.66. The minimum absolute atomic E-state index is 0. The van der Waals surface area contributed by atoms with Gasteiger partial charge in [0.05, 0.1) is 13.0 Å². The Morgan fingerprint density at radius 1 is 1.54 bits per heavy atom. The second-order valence-corrected chi connectivity index (χ2v) is 3.64. The Labute approximate surface area is 85.6 Å². The van der Waals surface area contributed by atoms with Gasteiger partial charge in [0, 0.05) is 6.04 Å². The second kappa shape index (κ2) is 5.45. The van der Waals surface area contributed by atoms with E-state index < -0.39 is 0 Å². The Bertz CT molecular complexity index is 173. The molecule has 0 aliphatic carbocycles. The molecule has 0 aromatic rings. The predicted molar refractivity (Wildman–Crippen MR) is 54.0 cm³/mol. The third kappa shape index (κ3) is 2.85. The highest BCUT2D eigenvalue weighted by Crippen LogP contribution is 2.22. The van der Waals surface area contributed by atoms with E-state index in [1.807, 2.05) is 0 Å². The van der Waals surface area contributed by atoms with Crippen molar-refractivity contribution in [2.24, 2.45) is 11.8 Å². The molecule has 0 bridgehead atoms. The maximum Gasteiger partial charge on any atom is 0.310 e. The van der Waals surface area contributed by atoms with E-state index in [-0.39, 0.29) is 24.3 Å². The third-order valence-electron chi connectivity index (χ3n) is 2.49. The molecule has 4 heteroatoms. The quantitative estimate of drug-likeness (QED) is 0.692. The van der Waals surface area contributed by atoms with Crippen molar-refractivity contribution in [3.05, 3.63) is 0 Å². The van der Waals surface area contributed by atoms with Crippen LogP contribution in [0.2, 0.25) is 0 Å². The molecule has 1 aliphatic rings. The lowest BCUT2D eigenvalue weighted by Crippen LogP contribution is -2.36. The molecule has 0 aromatic carbocycles. The SMILES string of the molecule is COC(=O)[C@@H]1CCN[C@@H]1C(C)C.Cl. The predicted octanol–water partition coefficient (Wildman–Crippen LogP) is 1.22. The summed E-state index contributed by atoms with van der Waals surface area (Å²) in [5.74, 6) is 0.491. The fraction of sp³-hybridized carbons (Fsp3) is 0.889. The average molecular weight is 208 g/mol. The lowest BCUT2D eigenvalue weighted by atomic mass is 9.92. The summed E-state index contributed by atoms with van der Waals surface area (Å²) >= 11 is 0. The lowest BCUT2D eigenvalue weighted by Gasteiger charge is -2.20. The van der Waals surface area contributed by atoms with E-state index in [1.165, 1.54) is 7.11 Å². The average Bonchev–Trinajstić information content (AvgIpc) is 2.50. The number of ether oxygens (including phenoxy) is 1. The third-order valence-corrected chi connectivity index (χ3v) is 2.49. The van der Waals surface area contributed by atoms with Gasteiger partial charge in [0.2, 0.25) is 0 Å². The second-order valence-electron chi connectivity index (χ2n) is 3.64. The van der Waals surface area contributed by atoms with Gasteiger partial charge in [-0.05, 0) is 18.9 Å². The van der Waals surface area contributed by atoms with E-state index in [1.54, 1.807) is 0 Å². The number of halogens is 1. The smallest absolute Gasteiger partial charge is 0.310 e. The van der Waals surface area contributed by atoms with Crippen molar-refractivity contribution >= 4 is 18.4 Å². The van der Waals surface area contributed by atoms with E-state index in [9.17, 15) is 4.79 Å². The van der Waals surface area contributed by atoms with Crippen LogP contribution in [0.1, 0.15) is 20.3 Å². The summed E-state index contributed by atoms with van der Waals surface area (Å²) in [5, 5.41) is 3.32. The molecular formula is C9H18ClNO2. The summed E-state index contributed by atoms with van der Waals surface area (Å²) in [6, 6.07) is 0.303. The zero-order chi connectivity index (χ0) is 9.14. The Morgan fingerprint density at radius 2 is 2.15 bits per heavy atom. The van der Waals surface area contributed by atoms with Gasteiger partial charge in [-0.1, -0.05) is 13.8 Å². The van der Waals surface area contributed by atoms with Gasteiger partial charge in [-0.15, -0.1) is 12.4 Å². The molecule has 3 nitrogen and oxygen atoms in total. The summed E-state index contributed by atoms with van der Waals surface area (Å²) < 4.78 is 4.74. The number of rotatable bonds is 2. The molecule has 0 radical (unpaired) electrons. The normalized spacial score (nSPS) is 27.1. The van der Waals surface area contributed by atoms with Crippen molar-refractivity contribution < 1.29 is 9.53 Å². The zero-order valence-electron chi connectivity index (χ0n) is 8.37. The monoisotopic (exact) mass is 207 g/mol. The number of methoxy groups -OCH3 is 1. The molecule has 0 amide bonds. The standard InChI is InChI=1S/C9H17NO2.ClH/c1-6(2)8-7(4-5-10-8)9(11)12-3;/h6-8,10H,4-5H2,1-3H3;1H/t7-,8-;/m1./s1. The summed E-state index contributed by atoms with van der Waals surface area (Å²) in [5.41, 5.74) is 0. The number of carbonyl (C=O) groups is 1. The Balaban J connectivity index is 0.00000144. The van der Waals surface area contributed by atoms with E-state index in [0.29, 0.717) is 12.0 Å². The van der Waals surface area contributed by atoms with Gasteiger partial charge in [-0.2, -0.15) is 0 Å². The van der Waals surface area contributed by atoms with Crippen LogP contribution >= 0.6 is 12.4 Å². The minimum Gasteiger partial charge on any atom is -0.469 e. The first-order valence-electron chi connectivity index (χ1n) is 4.48. The Morgan fingerprint density at radius 3 is 2.62 bits per heavy atom. The topological polar surface area (TPSA) is 38.3 Å². The first kappa shape index (κ1) is 12.7. The summed E-state index contributed by atoms with van der Waals surface area (Å²) in [4.78, 5) is 11.3. The van der Waals surface area contributed by atoms with Crippen molar-refractivity contribution in [3.8, 4) is 0 Å². The number of nitrogens with one attached hydrogen (secondary N) is 1. The lowest BCUT2D eigenvalue weighted by molar-refractivity contribution is -0.146. The van der Waals surface area contributed by atoms with E-state index in [2.05, 4.69) is 19.2 Å². The summed E-state index contributed by atoms with van der Waals surface area (Å²) in [6.07, 6.45) is 0.912. The highest BCUT2D eigenvalue weighted by Gasteiger charge is 2.34. The van der Waals surface area contributed by atoms with Crippen LogP contribution in [0.3, 0.4) is 0 Å². The van der Waals surface area contributed by atoms with Gasteiger partial charge < -0.3 is 10.1 Å². The molecule has 1 saturated heterocycles. The minimum atomic E-state index is -0.0706. The van der Waals surface area contributed by atoms with Crippen LogP contribution < -0.4 is 5.32 Å². The van der Waals surface area contributed by atoms with Crippen LogP contribution in [0, 0.1) is 11.8 Å². The van der Waals surface area contributed by atoms with Gasteiger partial charge in [-0.25, -0.2) is 0 Å². The van der Waals surface area contributed by atoms with Gasteiger partial charge in [0.1, 0.15) is 0 Å². The van der Waals surface area contributed by atoms with Crippen molar-refractivity contribution in [2.45, 2.75) is 26.3 Å². The molecule has 0 aromatic heterocycles. The molecule has 1 rings (SSSR count). The molecule has 13 heavy (non-hydrogen) atoms. The summed E-state index contributed by atoms with van der Waals surface area (Å²) in [7, 11) is 1.46. The van der Waals surface area contributed by atoms with Crippen molar-refractivity contribution in [2.75, 3.05) is 13.7 Å². The maximum absolute atomic E-state index is 11.3. The number of hydrogen-bond acceptors (Lipinski definition) is 3. The number of hydrogen-bond donors (Lipinski definition) is 1. The molecule has 1 heterocycles. The zero-order valence-corrected chi connectivity index (χ0v) is 9.19. The fourth-order valence-corrected chi connectivity index (χ4v) is 1.84. The highest BCUT2D eigenvalue weighted by molar-refractivity contribution is 5.85. The van der Waals surface area contributed by atoms with Crippen molar-refractivity contribution in [3.63, 3.8) is 0 Å². The molecule has 1 fully saturated rings. The molecular weight excluding hydrogens is 190 g/mol.